The van der Waals surface area contributed by atoms with Crippen LogP contribution in [0.2, 0.25) is 10.0 Å². The Labute approximate surface area is 213 Å². The third kappa shape index (κ3) is 5.37. The number of hydrogen-bond acceptors (Lipinski definition) is 10. The summed E-state index contributed by atoms with van der Waals surface area (Å²) in [6, 6.07) is 10.9. The van der Waals surface area contributed by atoms with E-state index in [0.717, 1.165) is 18.1 Å². The zero-order valence-corrected chi connectivity index (χ0v) is 19.9. The van der Waals surface area contributed by atoms with Crippen molar-refractivity contribution in [1.82, 2.24) is 15.4 Å². The number of nitrogens with one attached hydrogen (secondary N) is 2. The lowest BCUT2D eigenvalue weighted by Gasteiger charge is -2.36. The first-order valence-corrected chi connectivity index (χ1v) is 11.3. The van der Waals surface area contributed by atoms with Gasteiger partial charge < -0.3 is 9.80 Å². The number of benzene rings is 2. The minimum Gasteiger partial charge on any atom is -0.368 e. The lowest BCUT2D eigenvalue weighted by Crippen LogP contribution is -2.47. The third-order valence-corrected chi connectivity index (χ3v) is 5.99. The topological polar surface area (TPSA) is 160 Å². The van der Waals surface area contributed by atoms with E-state index in [1.807, 2.05) is 18.2 Å². The summed E-state index contributed by atoms with van der Waals surface area (Å²) in [5.41, 5.74) is 4.71. The molecule has 2 N–H and O–H groups in total. The quantitative estimate of drug-likeness (QED) is 0.339. The van der Waals surface area contributed by atoms with Crippen LogP contribution in [0.1, 0.15) is 10.4 Å². The van der Waals surface area contributed by atoms with Crippen molar-refractivity contribution in [2.75, 3.05) is 41.4 Å². The first kappa shape index (κ1) is 24.9. The van der Waals surface area contributed by atoms with Gasteiger partial charge in [-0.25, -0.2) is 9.97 Å². The fourth-order valence-corrected chi connectivity index (χ4v) is 4.06. The van der Waals surface area contributed by atoms with Crippen molar-refractivity contribution in [2.24, 2.45) is 0 Å². The summed E-state index contributed by atoms with van der Waals surface area (Å²) in [6.45, 7) is 2.06. The number of nitro groups is 2. The lowest BCUT2D eigenvalue weighted by atomic mass is 10.2. The second-order valence-corrected chi connectivity index (χ2v) is 8.45. The van der Waals surface area contributed by atoms with Crippen LogP contribution in [0, 0.1) is 20.2 Å². The molecule has 36 heavy (non-hydrogen) atoms. The fraction of sp³-hybridized carbons (Fsp3) is 0.190. The molecule has 0 radical (unpaired) electrons. The average Bonchev–Trinajstić information content (AvgIpc) is 2.87. The van der Waals surface area contributed by atoms with Crippen LogP contribution in [0.15, 0.2) is 48.8 Å². The average molecular weight is 533 g/mol. The highest BCUT2D eigenvalue weighted by Gasteiger charge is 2.30. The van der Waals surface area contributed by atoms with Gasteiger partial charge in [0.15, 0.2) is 0 Å². The molecule has 0 saturated carbocycles. The van der Waals surface area contributed by atoms with Gasteiger partial charge in [-0.3, -0.25) is 35.9 Å². The van der Waals surface area contributed by atoms with E-state index in [4.69, 9.17) is 23.2 Å². The number of carbonyl (C=O) groups excluding carboxylic acids is 1. The van der Waals surface area contributed by atoms with Crippen LogP contribution in [-0.2, 0) is 0 Å². The van der Waals surface area contributed by atoms with Crippen molar-refractivity contribution in [3.05, 3.63) is 84.6 Å². The molecule has 186 valence electrons. The Kier molecular flexibility index (Phi) is 7.31. The summed E-state index contributed by atoms with van der Waals surface area (Å²) in [5, 5.41) is 23.5. The highest BCUT2D eigenvalue weighted by molar-refractivity contribution is 6.32. The Bertz CT molecular complexity index is 1330. The molecule has 0 aliphatic carbocycles. The van der Waals surface area contributed by atoms with Crippen LogP contribution in [0.3, 0.4) is 0 Å². The van der Waals surface area contributed by atoms with Crippen LogP contribution in [0.25, 0.3) is 0 Å². The smallest absolute Gasteiger partial charge is 0.355 e. The minimum absolute atomic E-state index is 0.0762. The molecule has 1 aromatic heterocycles. The number of anilines is 3. The standard InChI is InChI=1S/C21H18Cl2N8O5/c22-14-2-1-3-15(11-14)28-6-8-29(9-7-28)20-18(31(35)36)19(24-12-25-20)26-27-21(32)13-4-5-16(23)17(10-13)30(33)34/h1-5,10-12H,6-9H2,(H,27,32)(H,24,25,26). The second-order valence-electron chi connectivity index (χ2n) is 7.61. The summed E-state index contributed by atoms with van der Waals surface area (Å²) < 4.78 is 0. The number of aromatic nitrogens is 2. The van der Waals surface area contributed by atoms with E-state index in [2.05, 4.69) is 25.7 Å². The number of piperazine rings is 1. The highest BCUT2D eigenvalue weighted by Crippen LogP contribution is 2.33. The van der Waals surface area contributed by atoms with Crippen LogP contribution in [0.4, 0.5) is 28.7 Å². The molecular formula is C21H18Cl2N8O5. The summed E-state index contributed by atoms with van der Waals surface area (Å²) in [4.78, 5) is 46.0. The predicted molar refractivity (Wildman–Crippen MR) is 134 cm³/mol. The maximum atomic E-state index is 12.5. The molecular weight excluding hydrogens is 515 g/mol. The number of nitrogens with zero attached hydrogens (tertiary/aromatic N) is 6. The van der Waals surface area contributed by atoms with Gasteiger partial charge >= 0.3 is 5.69 Å². The largest absolute Gasteiger partial charge is 0.368 e. The number of rotatable bonds is 7. The minimum atomic E-state index is -0.778. The molecule has 3 aromatic rings. The maximum absolute atomic E-state index is 12.5. The molecule has 0 bridgehead atoms. The predicted octanol–water partition coefficient (Wildman–Crippen LogP) is 3.68. The molecule has 0 spiro atoms. The zero-order valence-electron chi connectivity index (χ0n) is 18.4. The summed E-state index contributed by atoms with van der Waals surface area (Å²) in [6.07, 6.45) is 1.15. The Morgan fingerprint density at radius 1 is 0.944 bits per heavy atom. The number of carbonyl (C=O) groups is 1. The maximum Gasteiger partial charge on any atom is 0.355 e. The molecule has 4 rings (SSSR count). The summed E-state index contributed by atoms with van der Waals surface area (Å²) >= 11 is 11.9. The van der Waals surface area contributed by atoms with Crippen molar-refractivity contribution < 1.29 is 14.6 Å². The third-order valence-electron chi connectivity index (χ3n) is 5.44. The van der Waals surface area contributed by atoms with E-state index in [-0.39, 0.29) is 22.2 Å². The highest BCUT2D eigenvalue weighted by atomic mass is 35.5. The number of hydrazine groups is 1. The zero-order chi connectivity index (χ0) is 25.8. The van der Waals surface area contributed by atoms with Gasteiger partial charge in [0.25, 0.3) is 11.6 Å². The molecule has 1 aliphatic rings. The molecule has 1 amide bonds. The molecule has 0 atom stereocenters. The molecule has 1 saturated heterocycles. The van der Waals surface area contributed by atoms with Crippen LogP contribution >= 0.6 is 23.2 Å². The molecule has 2 heterocycles. The number of hydrogen-bond donors (Lipinski definition) is 2. The van der Waals surface area contributed by atoms with Crippen LogP contribution < -0.4 is 20.7 Å². The molecule has 1 fully saturated rings. The number of nitro benzene ring substituents is 1. The van der Waals surface area contributed by atoms with E-state index < -0.39 is 27.1 Å². The Morgan fingerprint density at radius 3 is 2.33 bits per heavy atom. The van der Waals surface area contributed by atoms with Gasteiger partial charge in [-0.15, -0.1) is 0 Å². The van der Waals surface area contributed by atoms with Crippen molar-refractivity contribution >= 4 is 57.8 Å². The van der Waals surface area contributed by atoms with Crippen LogP contribution in [0.5, 0.6) is 0 Å². The SMILES string of the molecule is O=C(NNc1ncnc(N2CCN(c3cccc(Cl)c3)CC2)c1[N+](=O)[O-])c1ccc(Cl)c([N+](=O)[O-])c1. The Hall–Kier alpha value is -4.23. The number of halogens is 2. The van der Waals surface area contributed by atoms with E-state index in [1.54, 1.807) is 11.0 Å². The Balaban J connectivity index is 1.49. The van der Waals surface area contributed by atoms with Gasteiger partial charge in [0.1, 0.15) is 11.3 Å². The molecule has 15 heteroatoms. The van der Waals surface area contributed by atoms with Gasteiger partial charge in [-0.2, -0.15) is 0 Å². The van der Waals surface area contributed by atoms with Crippen molar-refractivity contribution in [2.45, 2.75) is 0 Å². The fourth-order valence-electron chi connectivity index (χ4n) is 3.69. The molecule has 13 nitrogen and oxygen atoms in total. The summed E-state index contributed by atoms with van der Waals surface area (Å²) in [7, 11) is 0. The van der Waals surface area contributed by atoms with Gasteiger partial charge in [0, 0.05) is 48.5 Å². The van der Waals surface area contributed by atoms with Gasteiger partial charge in [0.05, 0.1) is 9.85 Å². The number of amides is 1. The van der Waals surface area contributed by atoms with Crippen molar-refractivity contribution in [1.29, 1.82) is 0 Å². The summed E-state index contributed by atoms with van der Waals surface area (Å²) in [5.74, 6) is -0.918. The van der Waals surface area contributed by atoms with Crippen molar-refractivity contribution in [3.63, 3.8) is 0 Å². The van der Waals surface area contributed by atoms with Crippen molar-refractivity contribution in [3.8, 4) is 0 Å². The van der Waals surface area contributed by atoms with Gasteiger partial charge in [-0.1, -0.05) is 29.3 Å². The lowest BCUT2D eigenvalue weighted by molar-refractivity contribution is -0.384. The van der Waals surface area contributed by atoms with Gasteiger partial charge in [0.2, 0.25) is 11.6 Å². The van der Waals surface area contributed by atoms with E-state index in [9.17, 15) is 25.0 Å². The van der Waals surface area contributed by atoms with E-state index in [0.29, 0.717) is 31.2 Å². The van der Waals surface area contributed by atoms with Crippen LogP contribution in [-0.4, -0.2) is 51.9 Å². The first-order chi connectivity index (χ1) is 17.2. The molecule has 0 unspecified atom stereocenters. The molecule has 1 aliphatic heterocycles. The monoisotopic (exact) mass is 532 g/mol. The molecule has 2 aromatic carbocycles. The Morgan fingerprint density at radius 2 is 1.67 bits per heavy atom. The second kappa shape index (κ2) is 10.6. The first-order valence-electron chi connectivity index (χ1n) is 10.5. The normalized spacial score (nSPS) is 13.3. The van der Waals surface area contributed by atoms with E-state index in [1.165, 1.54) is 12.1 Å². The van der Waals surface area contributed by atoms with E-state index >= 15 is 0 Å². The van der Waals surface area contributed by atoms with Gasteiger partial charge in [-0.05, 0) is 30.3 Å².